The number of aliphatic carboxylic acids is 1. The second kappa shape index (κ2) is 6.58. The summed E-state index contributed by atoms with van der Waals surface area (Å²) in [6, 6.07) is -0.349. The van der Waals surface area contributed by atoms with Crippen LogP contribution in [0.5, 0.6) is 0 Å². The Morgan fingerprint density at radius 2 is 2.06 bits per heavy atom. The van der Waals surface area contributed by atoms with Gasteiger partial charge in [0.15, 0.2) is 0 Å². The largest absolute Gasteiger partial charge is 0.481 e. The minimum absolute atomic E-state index is 0.0805. The molecule has 1 fully saturated rings. The minimum atomic E-state index is -0.960. The molecule has 6 nitrogen and oxygen atoms in total. The lowest BCUT2D eigenvalue weighted by molar-refractivity contribution is -0.146. The Bertz CT molecular complexity index is 298. The van der Waals surface area contributed by atoms with Crippen LogP contribution in [-0.4, -0.2) is 42.9 Å². The van der Waals surface area contributed by atoms with Gasteiger partial charge >= 0.3 is 12.0 Å². The van der Waals surface area contributed by atoms with Crippen molar-refractivity contribution in [3.8, 4) is 0 Å². The van der Waals surface area contributed by atoms with E-state index in [0.717, 1.165) is 25.9 Å². The maximum absolute atomic E-state index is 11.5. The van der Waals surface area contributed by atoms with Crippen molar-refractivity contribution >= 4 is 12.0 Å². The lowest BCUT2D eigenvalue weighted by Crippen LogP contribution is -2.45. The SMILES string of the molecule is CC(C)(CNC(=O)NCC1CCCCO1)C(=O)O. The number of hydrogen-bond donors (Lipinski definition) is 3. The summed E-state index contributed by atoms with van der Waals surface area (Å²) in [4.78, 5) is 22.3. The molecule has 1 rings (SSSR count). The topological polar surface area (TPSA) is 87.7 Å². The zero-order valence-corrected chi connectivity index (χ0v) is 11.0. The van der Waals surface area contributed by atoms with Crippen molar-refractivity contribution in [2.75, 3.05) is 19.7 Å². The molecule has 1 unspecified atom stereocenters. The van der Waals surface area contributed by atoms with Crippen LogP contribution in [0.25, 0.3) is 0 Å². The van der Waals surface area contributed by atoms with Gasteiger partial charge in [0.1, 0.15) is 0 Å². The fourth-order valence-electron chi connectivity index (χ4n) is 1.61. The molecule has 1 atom stereocenters. The molecule has 0 bridgehead atoms. The molecular weight excluding hydrogens is 236 g/mol. The summed E-state index contributed by atoms with van der Waals surface area (Å²) in [5.74, 6) is -0.932. The van der Waals surface area contributed by atoms with Crippen LogP contribution in [0.3, 0.4) is 0 Å². The summed E-state index contributed by atoms with van der Waals surface area (Å²) >= 11 is 0. The van der Waals surface area contributed by atoms with Crippen LogP contribution in [0.4, 0.5) is 4.79 Å². The highest BCUT2D eigenvalue weighted by Gasteiger charge is 2.27. The van der Waals surface area contributed by atoms with Crippen molar-refractivity contribution in [2.24, 2.45) is 5.41 Å². The lowest BCUT2D eigenvalue weighted by atomic mass is 9.94. The van der Waals surface area contributed by atoms with Crippen LogP contribution in [-0.2, 0) is 9.53 Å². The van der Waals surface area contributed by atoms with Gasteiger partial charge in [-0.05, 0) is 33.1 Å². The summed E-state index contributed by atoms with van der Waals surface area (Å²) < 4.78 is 5.48. The number of hydrogen-bond acceptors (Lipinski definition) is 3. The molecule has 3 N–H and O–H groups in total. The number of carboxylic acid groups (broad SMARTS) is 1. The molecule has 0 aromatic rings. The minimum Gasteiger partial charge on any atom is -0.481 e. The lowest BCUT2D eigenvalue weighted by Gasteiger charge is -2.23. The van der Waals surface area contributed by atoms with E-state index in [1.54, 1.807) is 13.8 Å². The van der Waals surface area contributed by atoms with Crippen molar-refractivity contribution in [1.29, 1.82) is 0 Å². The molecule has 0 aromatic carbocycles. The van der Waals surface area contributed by atoms with Gasteiger partial charge in [0.25, 0.3) is 0 Å². The number of carboxylic acids is 1. The summed E-state index contributed by atoms with van der Waals surface area (Å²) in [7, 11) is 0. The van der Waals surface area contributed by atoms with Gasteiger partial charge in [-0.2, -0.15) is 0 Å². The average Bonchev–Trinajstić information content (AvgIpc) is 2.35. The Morgan fingerprint density at radius 3 is 2.61 bits per heavy atom. The average molecular weight is 258 g/mol. The van der Waals surface area contributed by atoms with Crippen molar-refractivity contribution in [1.82, 2.24) is 10.6 Å². The Kier molecular flexibility index (Phi) is 5.40. The third-order valence-corrected chi connectivity index (χ3v) is 3.03. The van der Waals surface area contributed by atoms with E-state index in [1.165, 1.54) is 0 Å². The maximum atomic E-state index is 11.5. The summed E-state index contributed by atoms with van der Waals surface area (Å²) in [6.07, 6.45) is 3.24. The number of carbonyl (C=O) groups is 2. The van der Waals surface area contributed by atoms with E-state index in [-0.39, 0.29) is 18.7 Å². The van der Waals surface area contributed by atoms with E-state index < -0.39 is 11.4 Å². The van der Waals surface area contributed by atoms with Crippen LogP contribution in [0.15, 0.2) is 0 Å². The highest BCUT2D eigenvalue weighted by molar-refractivity contribution is 5.77. The summed E-state index contributed by atoms with van der Waals surface area (Å²) in [6.45, 7) is 4.46. The molecule has 0 aromatic heterocycles. The fraction of sp³-hybridized carbons (Fsp3) is 0.833. The predicted molar refractivity (Wildman–Crippen MR) is 66.4 cm³/mol. The number of amides is 2. The van der Waals surface area contributed by atoms with Gasteiger partial charge in [-0.25, -0.2) is 4.79 Å². The van der Waals surface area contributed by atoms with E-state index in [2.05, 4.69) is 10.6 Å². The molecule has 104 valence electrons. The number of carbonyl (C=O) groups excluding carboxylic acids is 1. The van der Waals surface area contributed by atoms with E-state index >= 15 is 0 Å². The van der Waals surface area contributed by atoms with Gasteiger partial charge in [0.05, 0.1) is 11.5 Å². The summed E-state index contributed by atoms with van der Waals surface area (Å²) in [5, 5.41) is 14.1. The summed E-state index contributed by atoms with van der Waals surface area (Å²) in [5.41, 5.74) is -0.960. The van der Waals surface area contributed by atoms with Crippen LogP contribution in [0.2, 0.25) is 0 Å². The number of urea groups is 1. The first-order valence-electron chi connectivity index (χ1n) is 6.28. The third kappa shape index (κ3) is 4.91. The van der Waals surface area contributed by atoms with Crippen LogP contribution >= 0.6 is 0 Å². The van der Waals surface area contributed by atoms with Crippen molar-refractivity contribution in [3.05, 3.63) is 0 Å². The molecular formula is C12H22N2O4. The van der Waals surface area contributed by atoms with Gasteiger partial charge in [0.2, 0.25) is 0 Å². The van der Waals surface area contributed by atoms with E-state index in [1.807, 2.05) is 0 Å². The number of ether oxygens (including phenoxy) is 1. The third-order valence-electron chi connectivity index (χ3n) is 3.03. The maximum Gasteiger partial charge on any atom is 0.314 e. The molecule has 1 aliphatic rings. The van der Waals surface area contributed by atoms with E-state index in [9.17, 15) is 9.59 Å². The molecule has 6 heteroatoms. The molecule has 0 aliphatic carbocycles. The predicted octanol–water partition coefficient (Wildman–Crippen LogP) is 0.965. The number of nitrogens with one attached hydrogen (secondary N) is 2. The Morgan fingerprint density at radius 1 is 1.33 bits per heavy atom. The van der Waals surface area contributed by atoms with Crippen LogP contribution in [0.1, 0.15) is 33.1 Å². The van der Waals surface area contributed by atoms with Gasteiger partial charge in [-0.15, -0.1) is 0 Å². The highest BCUT2D eigenvalue weighted by Crippen LogP contribution is 2.13. The van der Waals surface area contributed by atoms with E-state index in [0.29, 0.717) is 6.54 Å². The quantitative estimate of drug-likeness (QED) is 0.685. The van der Waals surface area contributed by atoms with Gasteiger partial charge in [-0.1, -0.05) is 0 Å². The molecule has 2 amide bonds. The van der Waals surface area contributed by atoms with Crippen LogP contribution < -0.4 is 10.6 Å². The fourth-order valence-corrected chi connectivity index (χ4v) is 1.61. The van der Waals surface area contributed by atoms with Gasteiger partial charge in [-0.3, -0.25) is 4.79 Å². The Balaban J connectivity index is 2.19. The first-order chi connectivity index (χ1) is 8.42. The van der Waals surface area contributed by atoms with Gasteiger partial charge in [0, 0.05) is 19.7 Å². The normalized spacial score (nSPS) is 20.2. The van der Waals surface area contributed by atoms with Crippen molar-refractivity contribution < 1.29 is 19.4 Å². The first kappa shape index (κ1) is 14.8. The monoisotopic (exact) mass is 258 g/mol. The molecule has 1 saturated heterocycles. The second-order valence-electron chi connectivity index (χ2n) is 5.24. The second-order valence-corrected chi connectivity index (χ2v) is 5.24. The standard InChI is InChI=1S/C12H22N2O4/c1-12(2,10(15)16)8-14-11(17)13-7-9-5-3-4-6-18-9/h9H,3-8H2,1-2H3,(H,15,16)(H2,13,14,17). The molecule has 0 saturated carbocycles. The molecule has 1 heterocycles. The van der Waals surface area contributed by atoms with E-state index in [4.69, 9.17) is 9.84 Å². The molecule has 1 aliphatic heterocycles. The zero-order chi connectivity index (χ0) is 13.6. The van der Waals surface area contributed by atoms with Crippen LogP contribution in [0, 0.1) is 5.41 Å². The van der Waals surface area contributed by atoms with Crippen molar-refractivity contribution in [2.45, 2.75) is 39.2 Å². The van der Waals surface area contributed by atoms with Gasteiger partial charge < -0.3 is 20.5 Å². The number of rotatable bonds is 5. The first-order valence-corrected chi connectivity index (χ1v) is 6.28. The van der Waals surface area contributed by atoms with Crippen molar-refractivity contribution in [3.63, 3.8) is 0 Å². The smallest absolute Gasteiger partial charge is 0.314 e. The highest BCUT2D eigenvalue weighted by atomic mass is 16.5. The molecule has 0 radical (unpaired) electrons. The zero-order valence-electron chi connectivity index (χ0n) is 11.0. The Labute approximate surface area is 107 Å². The Hall–Kier alpha value is -1.30. The molecule has 0 spiro atoms. The molecule has 18 heavy (non-hydrogen) atoms.